The number of aryl methyl sites for hydroxylation is 1. The summed E-state index contributed by atoms with van der Waals surface area (Å²) < 4.78 is 11.1. The van der Waals surface area contributed by atoms with Crippen molar-refractivity contribution in [3.05, 3.63) is 99.4 Å². The smallest absolute Gasteiger partial charge is 0.343 e. The van der Waals surface area contributed by atoms with Gasteiger partial charge >= 0.3 is 5.97 Å². The van der Waals surface area contributed by atoms with E-state index in [2.05, 4.69) is 0 Å². The molecule has 1 heterocycles. The van der Waals surface area contributed by atoms with Gasteiger partial charge in [0.1, 0.15) is 18.1 Å². The number of hydrogen-bond acceptors (Lipinski definition) is 6. The minimum atomic E-state index is -0.525. The maximum Gasteiger partial charge on any atom is 0.343 e. The predicted molar refractivity (Wildman–Crippen MR) is 132 cm³/mol. The van der Waals surface area contributed by atoms with E-state index in [-0.39, 0.29) is 24.3 Å². The SMILES string of the molecule is Cc1cccc(OCCN2C(=O)S/C(=C\c3cccc(OC(=O)c4ccc(Cl)cc4)c3)C2=O)c1. The summed E-state index contributed by atoms with van der Waals surface area (Å²) in [6, 6.07) is 20.7. The van der Waals surface area contributed by atoms with E-state index in [0.29, 0.717) is 32.6 Å². The topological polar surface area (TPSA) is 72.9 Å². The largest absolute Gasteiger partial charge is 0.492 e. The van der Waals surface area contributed by atoms with Crippen LogP contribution in [-0.2, 0) is 4.79 Å². The van der Waals surface area contributed by atoms with Crippen molar-refractivity contribution in [1.82, 2.24) is 4.90 Å². The van der Waals surface area contributed by atoms with Gasteiger partial charge in [-0.05, 0) is 84.4 Å². The summed E-state index contributed by atoms with van der Waals surface area (Å²) in [7, 11) is 0. The van der Waals surface area contributed by atoms with Crippen molar-refractivity contribution in [1.29, 1.82) is 0 Å². The summed E-state index contributed by atoms with van der Waals surface area (Å²) in [6.07, 6.45) is 1.60. The fraction of sp³-hybridized carbons (Fsp3) is 0.115. The Bertz CT molecular complexity index is 1270. The van der Waals surface area contributed by atoms with Gasteiger partial charge in [0.05, 0.1) is 17.0 Å². The zero-order valence-electron chi connectivity index (χ0n) is 18.2. The maximum atomic E-state index is 12.8. The average molecular weight is 494 g/mol. The van der Waals surface area contributed by atoms with E-state index in [4.69, 9.17) is 21.1 Å². The summed E-state index contributed by atoms with van der Waals surface area (Å²) in [5.41, 5.74) is 2.05. The first-order valence-corrected chi connectivity index (χ1v) is 11.6. The molecule has 0 aliphatic carbocycles. The highest BCUT2D eigenvalue weighted by Crippen LogP contribution is 2.32. The summed E-state index contributed by atoms with van der Waals surface area (Å²) in [4.78, 5) is 38.9. The second-order valence-corrected chi connectivity index (χ2v) is 8.90. The van der Waals surface area contributed by atoms with Crippen LogP contribution in [0.15, 0.2) is 77.7 Å². The van der Waals surface area contributed by atoms with Crippen molar-refractivity contribution in [2.24, 2.45) is 0 Å². The standard InChI is InChI=1S/C26H20ClNO5S/c1-17-4-2-6-21(14-17)32-13-12-28-24(29)23(34-26(28)31)16-18-5-3-7-22(15-18)33-25(30)19-8-10-20(27)11-9-19/h2-11,14-16H,12-13H2,1H3/b23-16-. The quantitative estimate of drug-likeness (QED) is 0.229. The van der Waals surface area contributed by atoms with Crippen LogP contribution in [0.1, 0.15) is 21.5 Å². The Morgan fingerprint density at radius 3 is 2.50 bits per heavy atom. The molecule has 34 heavy (non-hydrogen) atoms. The first-order valence-electron chi connectivity index (χ1n) is 10.4. The number of carbonyl (C=O) groups excluding carboxylic acids is 3. The molecule has 172 valence electrons. The molecule has 0 atom stereocenters. The molecule has 0 N–H and O–H groups in total. The molecule has 1 aliphatic rings. The van der Waals surface area contributed by atoms with Crippen LogP contribution < -0.4 is 9.47 Å². The third kappa shape index (κ3) is 5.87. The van der Waals surface area contributed by atoms with Crippen LogP contribution in [0.5, 0.6) is 11.5 Å². The third-order valence-corrected chi connectivity index (χ3v) is 6.05. The van der Waals surface area contributed by atoms with Gasteiger partial charge in [-0.3, -0.25) is 14.5 Å². The van der Waals surface area contributed by atoms with Gasteiger partial charge in [-0.2, -0.15) is 0 Å². The number of carbonyl (C=O) groups is 3. The number of ether oxygens (including phenoxy) is 2. The van der Waals surface area contributed by atoms with E-state index in [1.54, 1.807) is 54.6 Å². The number of imide groups is 1. The molecule has 2 amide bonds. The van der Waals surface area contributed by atoms with E-state index in [9.17, 15) is 14.4 Å². The highest BCUT2D eigenvalue weighted by Gasteiger charge is 2.34. The van der Waals surface area contributed by atoms with Gasteiger partial charge in [0.15, 0.2) is 0 Å². The molecule has 1 fully saturated rings. The van der Waals surface area contributed by atoms with Crippen molar-refractivity contribution >= 4 is 46.6 Å². The van der Waals surface area contributed by atoms with Gasteiger partial charge in [0, 0.05) is 5.02 Å². The molecular weight excluding hydrogens is 474 g/mol. The second kappa shape index (κ2) is 10.6. The van der Waals surface area contributed by atoms with Gasteiger partial charge in [-0.15, -0.1) is 0 Å². The lowest BCUT2D eigenvalue weighted by atomic mass is 10.2. The average Bonchev–Trinajstić information content (AvgIpc) is 3.07. The van der Waals surface area contributed by atoms with Crippen molar-refractivity contribution in [2.45, 2.75) is 6.92 Å². The normalized spacial score (nSPS) is 14.5. The predicted octanol–water partition coefficient (Wildman–Crippen LogP) is 5.98. The Balaban J connectivity index is 1.39. The molecule has 6 nitrogen and oxygen atoms in total. The van der Waals surface area contributed by atoms with E-state index >= 15 is 0 Å². The number of hydrogen-bond donors (Lipinski definition) is 0. The lowest BCUT2D eigenvalue weighted by Crippen LogP contribution is -2.32. The van der Waals surface area contributed by atoms with Crippen LogP contribution in [0.25, 0.3) is 6.08 Å². The van der Waals surface area contributed by atoms with Gasteiger partial charge in [-0.25, -0.2) is 4.79 Å². The van der Waals surface area contributed by atoms with E-state index in [1.165, 1.54) is 0 Å². The number of nitrogens with zero attached hydrogens (tertiary/aromatic N) is 1. The number of amides is 2. The van der Waals surface area contributed by atoms with Crippen LogP contribution >= 0.6 is 23.4 Å². The zero-order valence-corrected chi connectivity index (χ0v) is 19.8. The minimum Gasteiger partial charge on any atom is -0.492 e. The third-order valence-electron chi connectivity index (χ3n) is 4.89. The highest BCUT2D eigenvalue weighted by atomic mass is 35.5. The Labute approximate surface area is 206 Å². The van der Waals surface area contributed by atoms with E-state index in [0.717, 1.165) is 22.2 Å². The van der Waals surface area contributed by atoms with Gasteiger partial charge in [-0.1, -0.05) is 35.9 Å². The highest BCUT2D eigenvalue weighted by molar-refractivity contribution is 8.18. The summed E-state index contributed by atoms with van der Waals surface area (Å²) in [5, 5.41) is 0.170. The molecule has 1 aliphatic heterocycles. The number of benzene rings is 3. The molecule has 8 heteroatoms. The Morgan fingerprint density at radius 1 is 1.00 bits per heavy atom. The number of halogens is 1. The Hall–Kier alpha value is -3.55. The van der Waals surface area contributed by atoms with Crippen LogP contribution in [0.4, 0.5) is 4.79 Å². The molecule has 0 spiro atoms. The van der Waals surface area contributed by atoms with Crippen LogP contribution in [-0.4, -0.2) is 35.2 Å². The first-order chi connectivity index (χ1) is 16.4. The zero-order chi connectivity index (χ0) is 24.1. The van der Waals surface area contributed by atoms with Crippen LogP contribution in [0.2, 0.25) is 5.02 Å². The fourth-order valence-corrected chi connectivity index (χ4v) is 4.21. The minimum absolute atomic E-state index is 0.148. The maximum absolute atomic E-state index is 12.8. The number of esters is 1. The summed E-state index contributed by atoms with van der Waals surface area (Å²) in [6.45, 7) is 2.31. The van der Waals surface area contributed by atoms with Gasteiger partial charge < -0.3 is 9.47 Å². The van der Waals surface area contributed by atoms with Gasteiger partial charge in [0.25, 0.3) is 11.1 Å². The summed E-state index contributed by atoms with van der Waals surface area (Å²) in [5.74, 6) is 0.0983. The van der Waals surface area contributed by atoms with Crippen molar-refractivity contribution in [2.75, 3.05) is 13.2 Å². The molecule has 0 saturated carbocycles. The lowest BCUT2D eigenvalue weighted by Gasteiger charge is -2.13. The first kappa shape index (κ1) is 23.6. The monoisotopic (exact) mass is 493 g/mol. The lowest BCUT2D eigenvalue weighted by molar-refractivity contribution is -0.123. The van der Waals surface area contributed by atoms with Crippen LogP contribution in [0.3, 0.4) is 0 Å². The molecular formula is C26H20ClNO5S. The molecule has 4 rings (SSSR count). The molecule has 1 saturated heterocycles. The summed E-state index contributed by atoms with van der Waals surface area (Å²) >= 11 is 6.72. The Kier molecular flexibility index (Phi) is 7.35. The second-order valence-electron chi connectivity index (χ2n) is 7.47. The molecule has 0 radical (unpaired) electrons. The molecule has 0 unspecified atom stereocenters. The molecule has 0 bridgehead atoms. The van der Waals surface area contributed by atoms with Crippen molar-refractivity contribution in [3.63, 3.8) is 0 Å². The number of thioether (sulfide) groups is 1. The van der Waals surface area contributed by atoms with E-state index < -0.39 is 5.97 Å². The van der Waals surface area contributed by atoms with Gasteiger partial charge in [0.2, 0.25) is 0 Å². The van der Waals surface area contributed by atoms with Crippen molar-refractivity contribution in [3.8, 4) is 11.5 Å². The fourth-order valence-electron chi connectivity index (χ4n) is 3.22. The van der Waals surface area contributed by atoms with E-state index in [1.807, 2.05) is 31.2 Å². The van der Waals surface area contributed by atoms with Crippen LogP contribution in [0, 0.1) is 6.92 Å². The molecule has 3 aromatic carbocycles. The molecule has 3 aromatic rings. The molecule has 0 aromatic heterocycles. The number of rotatable bonds is 7. The Morgan fingerprint density at radius 2 is 1.74 bits per heavy atom. The van der Waals surface area contributed by atoms with Crippen molar-refractivity contribution < 1.29 is 23.9 Å².